The number of fused-ring (bicyclic) bond motifs is 1. The van der Waals surface area contributed by atoms with Gasteiger partial charge in [-0.05, 0) is 32.4 Å². The lowest BCUT2D eigenvalue weighted by molar-refractivity contribution is -0.169. The predicted octanol–water partition coefficient (Wildman–Crippen LogP) is 3.94. The van der Waals surface area contributed by atoms with Crippen molar-refractivity contribution in [2.75, 3.05) is 6.61 Å². The number of hydrogen-bond donors (Lipinski definition) is 0. The summed E-state index contributed by atoms with van der Waals surface area (Å²) in [6.45, 7) is 6.48. The maximum Gasteiger partial charge on any atom is 0.337 e. The van der Waals surface area contributed by atoms with Crippen LogP contribution < -0.4 is 0 Å². The number of rotatable bonds is 7. The van der Waals surface area contributed by atoms with Crippen molar-refractivity contribution in [1.82, 2.24) is 9.78 Å². The van der Waals surface area contributed by atoms with Gasteiger partial charge >= 0.3 is 5.97 Å². The number of aromatic nitrogens is 2. The van der Waals surface area contributed by atoms with E-state index in [0.29, 0.717) is 13.2 Å². The van der Waals surface area contributed by atoms with Gasteiger partial charge in [-0.3, -0.25) is 4.68 Å². The highest BCUT2D eigenvalue weighted by molar-refractivity contribution is 5.82. The molecule has 3 rings (SSSR count). The molecule has 0 aliphatic carbocycles. The van der Waals surface area contributed by atoms with Crippen molar-refractivity contribution in [2.24, 2.45) is 0 Å². The minimum Gasteiger partial charge on any atom is -0.464 e. The summed E-state index contributed by atoms with van der Waals surface area (Å²) in [5.74, 6) is -0.368. The van der Waals surface area contributed by atoms with Crippen molar-refractivity contribution in [1.29, 1.82) is 0 Å². The molecule has 0 amide bonds. The maximum absolute atomic E-state index is 12.0. The van der Waals surface area contributed by atoms with Crippen LogP contribution in [0.4, 0.5) is 0 Å². The van der Waals surface area contributed by atoms with Crippen LogP contribution in [0.25, 0.3) is 10.9 Å². The third-order valence-corrected chi connectivity index (χ3v) is 4.25. The van der Waals surface area contributed by atoms with Gasteiger partial charge in [0.25, 0.3) is 0 Å². The second-order valence-electron chi connectivity index (χ2n) is 6.63. The van der Waals surface area contributed by atoms with Crippen LogP contribution in [-0.4, -0.2) is 28.0 Å². The average molecular weight is 352 g/mol. The molecule has 26 heavy (non-hydrogen) atoms. The van der Waals surface area contributed by atoms with E-state index in [1.54, 1.807) is 20.8 Å². The molecule has 2 aromatic carbocycles. The fraction of sp³-hybridized carbons (Fsp3) is 0.333. The van der Waals surface area contributed by atoms with E-state index >= 15 is 0 Å². The summed E-state index contributed by atoms with van der Waals surface area (Å²) in [6, 6.07) is 18.3. The van der Waals surface area contributed by atoms with Gasteiger partial charge in [-0.2, -0.15) is 5.10 Å². The van der Waals surface area contributed by atoms with Crippen molar-refractivity contribution in [2.45, 2.75) is 39.5 Å². The fourth-order valence-corrected chi connectivity index (χ4v) is 2.79. The number of hydrogen-bond acceptors (Lipinski definition) is 4. The van der Waals surface area contributed by atoms with Crippen LogP contribution in [0.2, 0.25) is 0 Å². The van der Waals surface area contributed by atoms with E-state index in [9.17, 15) is 4.79 Å². The number of ether oxygens (including phenoxy) is 2. The number of para-hydroxylation sites is 1. The summed E-state index contributed by atoms with van der Waals surface area (Å²) in [5.41, 5.74) is 2.03. The Balaban J connectivity index is 1.84. The Bertz CT molecular complexity index is 885. The Hall–Kier alpha value is -2.66. The van der Waals surface area contributed by atoms with E-state index in [-0.39, 0.29) is 12.6 Å². The Kier molecular flexibility index (Phi) is 5.38. The molecule has 3 aromatic rings. The molecular weight excluding hydrogens is 328 g/mol. The van der Waals surface area contributed by atoms with Gasteiger partial charge in [0, 0.05) is 5.39 Å². The molecule has 0 unspecified atom stereocenters. The second kappa shape index (κ2) is 7.70. The largest absolute Gasteiger partial charge is 0.464 e. The third kappa shape index (κ3) is 3.94. The minimum absolute atomic E-state index is 0.244. The summed E-state index contributed by atoms with van der Waals surface area (Å²) in [4.78, 5) is 12.0. The van der Waals surface area contributed by atoms with E-state index in [1.165, 1.54) is 5.56 Å². The van der Waals surface area contributed by atoms with Crippen molar-refractivity contribution >= 4 is 16.9 Å². The monoisotopic (exact) mass is 352 g/mol. The molecular formula is C21H24N2O3. The quantitative estimate of drug-likeness (QED) is 0.604. The van der Waals surface area contributed by atoms with E-state index in [0.717, 1.165) is 16.6 Å². The van der Waals surface area contributed by atoms with Crippen LogP contribution in [0, 0.1) is 0 Å². The van der Waals surface area contributed by atoms with Crippen LogP contribution in [0.3, 0.4) is 0 Å². The van der Waals surface area contributed by atoms with Crippen molar-refractivity contribution < 1.29 is 14.3 Å². The van der Waals surface area contributed by atoms with Gasteiger partial charge in [0.05, 0.1) is 31.0 Å². The fourth-order valence-electron chi connectivity index (χ4n) is 2.79. The van der Waals surface area contributed by atoms with E-state index < -0.39 is 5.60 Å². The first-order chi connectivity index (χ1) is 12.5. The molecule has 0 saturated carbocycles. The molecule has 0 fully saturated rings. The van der Waals surface area contributed by atoms with E-state index in [1.807, 2.05) is 47.1 Å². The van der Waals surface area contributed by atoms with Gasteiger partial charge < -0.3 is 9.47 Å². The van der Waals surface area contributed by atoms with Crippen LogP contribution in [0.15, 0.2) is 54.6 Å². The van der Waals surface area contributed by atoms with Crippen molar-refractivity contribution in [3.05, 3.63) is 65.9 Å². The molecule has 0 aliphatic heterocycles. The number of carbonyl (C=O) groups is 1. The normalized spacial score (nSPS) is 11.7. The number of carbonyl (C=O) groups excluding carboxylic acids is 1. The van der Waals surface area contributed by atoms with Crippen LogP contribution >= 0.6 is 0 Å². The molecule has 0 radical (unpaired) electrons. The maximum atomic E-state index is 12.0. The highest BCUT2D eigenvalue weighted by atomic mass is 16.6. The Labute approximate surface area is 153 Å². The molecule has 0 bridgehead atoms. The molecule has 136 valence electrons. The Morgan fingerprint density at radius 3 is 2.50 bits per heavy atom. The zero-order valence-corrected chi connectivity index (χ0v) is 15.4. The molecule has 0 N–H and O–H groups in total. The molecule has 1 aromatic heterocycles. The number of nitrogens with zero attached hydrogens (tertiary/aromatic N) is 2. The van der Waals surface area contributed by atoms with Crippen molar-refractivity contribution in [3.8, 4) is 0 Å². The summed E-state index contributed by atoms with van der Waals surface area (Å²) >= 11 is 0. The topological polar surface area (TPSA) is 53.4 Å². The molecule has 5 heteroatoms. The first-order valence-corrected chi connectivity index (χ1v) is 8.81. The lowest BCUT2D eigenvalue weighted by Crippen LogP contribution is -2.36. The molecule has 0 saturated heterocycles. The first-order valence-electron chi connectivity index (χ1n) is 8.81. The van der Waals surface area contributed by atoms with Crippen molar-refractivity contribution in [3.63, 3.8) is 0 Å². The second-order valence-corrected chi connectivity index (χ2v) is 6.63. The smallest absolute Gasteiger partial charge is 0.337 e. The van der Waals surface area contributed by atoms with Gasteiger partial charge in [-0.1, -0.05) is 48.5 Å². The number of esters is 1. The molecule has 1 heterocycles. The van der Waals surface area contributed by atoms with E-state index in [2.05, 4.69) is 12.1 Å². The Morgan fingerprint density at radius 1 is 1.08 bits per heavy atom. The molecule has 5 nitrogen and oxygen atoms in total. The number of benzene rings is 2. The SMILES string of the molecule is CCOC(=O)C(C)(C)OCc1nn(Cc2ccccc2)c2ccccc12. The zero-order chi connectivity index (χ0) is 18.6. The Morgan fingerprint density at radius 2 is 1.77 bits per heavy atom. The highest BCUT2D eigenvalue weighted by Gasteiger charge is 2.30. The van der Waals surface area contributed by atoms with Gasteiger partial charge in [0.2, 0.25) is 0 Å². The predicted molar refractivity (Wildman–Crippen MR) is 101 cm³/mol. The van der Waals surface area contributed by atoms with Gasteiger partial charge in [-0.15, -0.1) is 0 Å². The summed E-state index contributed by atoms with van der Waals surface area (Å²) < 4.78 is 12.9. The molecule has 0 atom stereocenters. The molecule has 0 spiro atoms. The third-order valence-electron chi connectivity index (χ3n) is 4.25. The first kappa shape index (κ1) is 18.1. The van der Waals surface area contributed by atoms with Gasteiger partial charge in [0.15, 0.2) is 5.60 Å². The summed E-state index contributed by atoms with van der Waals surface area (Å²) in [7, 11) is 0. The lowest BCUT2D eigenvalue weighted by Gasteiger charge is -2.22. The van der Waals surface area contributed by atoms with Crippen LogP contribution in [0.1, 0.15) is 32.0 Å². The zero-order valence-electron chi connectivity index (χ0n) is 15.4. The standard InChI is InChI=1S/C21H24N2O3/c1-4-25-20(24)21(2,3)26-15-18-17-12-8-9-13-19(17)23(22-18)14-16-10-6-5-7-11-16/h5-13H,4,14-15H2,1-3H3. The van der Waals surface area contributed by atoms with Gasteiger partial charge in [-0.25, -0.2) is 4.79 Å². The highest BCUT2D eigenvalue weighted by Crippen LogP contribution is 2.22. The minimum atomic E-state index is -1.01. The summed E-state index contributed by atoms with van der Waals surface area (Å²) in [5, 5.41) is 5.76. The van der Waals surface area contributed by atoms with E-state index in [4.69, 9.17) is 14.6 Å². The lowest BCUT2D eigenvalue weighted by atomic mass is 10.1. The summed E-state index contributed by atoms with van der Waals surface area (Å²) in [6.07, 6.45) is 0. The van der Waals surface area contributed by atoms with Crippen LogP contribution in [0.5, 0.6) is 0 Å². The average Bonchev–Trinajstić information content (AvgIpc) is 2.99. The molecule has 0 aliphatic rings. The van der Waals surface area contributed by atoms with Gasteiger partial charge in [0.1, 0.15) is 0 Å². The van der Waals surface area contributed by atoms with Crippen LogP contribution in [-0.2, 0) is 27.4 Å².